The van der Waals surface area contributed by atoms with Gasteiger partial charge >= 0.3 is 0 Å². The molecule has 0 bridgehead atoms. The molecule has 0 amide bonds. The van der Waals surface area contributed by atoms with Gasteiger partial charge in [-0.25, -0.2) is 4.98 Å². The average Bonchev–Trinajstić information content (AvgIpc) is 2.75. The van der Waals surface area contributed by atoms with Crippen LogP contribution in [0.15, 0.2) is 47.8 Å². The van der Waals surface area contributed by atoms with Gasteiger partial charge in [0.25, 0.3) is 0 Å². The summed E-state index contributed by atoms with van der Waals surface area (Å²) in [6.45, 7) is 2.04. The van der Waals surface area contributed by atoms with Crippen LogP contribution >= 0.6 is 11.3 Å². The molecule has 0 saturated carbocycles. The van der Waals surface area contributed by atoms with Gasteiger partial charge in [-0.05, 0) is 17.7 Å². The lowest BCUT2D eigenvalue weighted by molar-refractivity contribution is 1.30. The van der Waals surface area contributed by atoms with E-state index in [1.54, 1.807) is 11.3 Å². The summed E-state index contributed by atoms with van der Waals surface area (Å²) in [6, 6.07) is 14.8. The van der Waals surface area contributed by atoms with Crippen LogP contribution in [0.5, 0.6) is 0 Å². The second kappa shape index (κ2) is 3.72. The van der Waals surface area contributed by atoms with Crippen molar-refractivity contribution in [1.82, 2.24) is 4.98 Å². The maximum Gasteiger partial charge on any atom is 0.0901 e. The van der Waals surface area contributed by atoms with Crippen LogP contribution in [0.4, 0.5) is 0 Å². The molecule has 78 valence electrons. The molecule has 1 aromatic heterocycles. The van der Waals surface area contributed by atoms with E-state index >= 15 is 0 Å². The molecule has 16 heavy (non-hydrogen) atoms. The second-order valence-electron chi connectivity index (χ2n) is 3.78. The van der Waals surface area contributed by atoms with Gasteiger partial charge in [-0.1, -0.05) is 42.5 Å². The molecular weight excluding hydrogens is 214 g/mol. The van der Waals surface area contributed by atoms with Crippen LogP contribution in [-0.4, -0.2) is 4.98 Å². The Morgan fingerprint density at radius 2 is 1.81 bits per heavy atom. The highest BCUT2D eigenvalue weighted by Gasteiger charge is 2.05. The summed E-state index contributed by atoms with van der Waals surface area (Å²) in [5.41, 5.74) is 2.31. The van der Waals surface area contributed by atoms with Gasteiger partial charge in [0.05, 0.1) is 10.7 Å². The molecule has 3 aromatic rings. The van der Waals surface area contributed by atoms with Gasteiger partial charge in [-0.2, -0.15) is 0 Å². The fraction of sp³-hybridized carbons (Fsp3) is 0.0714. The first-order chi connectivity index (χ1) is 7.84. The Labute approximate surface area is 98.4 Å². The van der Waals surface area contributed by atoms with Crippen LogP contribution in [-0.2, 0) is 0 Å². The van der Waals surface area contributed by atoms with Crippen molar-refractivity contribution in [2.75, 3.05) is 0 Å². The zero-order chi connectivity index (χ0) is 11.0. The molecule has 0 unspecified atom stereocenters. The number of aromatic nitrogens is 1. The molecule has 0 aliphatic carbocycles. The molecule has 1 heterocycles. The molecule has 0 saturated heterocycles. The summed E-state index contributed by atoms with van der Waals surface area (Å²) in [5, 5.41) is 5.78. The minimum atomic E-state index is 1.08. The van der Waals surface area contributed by atoms with E-state index in [1.165, 1.54) is 16.3 Å². The van der Waals surface area contributed by atoms with Gasteiger partial charge in [0.1, 0.15) is 0 Å². The molecule has 2 heteroatoms. The Morgan fingerprint density at radius 3 is 2.62 bits per heavy atom. The van der Waals surface area contributed by atoms with Crippen molar-refractivity contribution in [3.8, 4) is 11.3 Å². The summed E-state index contributed by atoms with van der Waals surface area (Å²) in [7, 11) is 0. The predicted octanol–water partition coefficient (Wildman–Crippen LogP) is 4.27. The highest BCUT2D eigenvalue weighted by molar-refractivity contribution is 7.09. The first-order valence-corrected chi connectivity index (χ1v) is 6.13. The van der Waals surface area contributed by atoms with E-state index in [1.807, 2.05) is 6.92 Å². The van der Waals surface area contributed by atoms with Gasteiger partial charge in [0.2, 0.25) is 0 Å². The molecule has 0 fully saturated rings. The predicted molar refractivity (Wildman–Crippen MR) is 69.8 cm³/mol. The van der Waals surface area contributed by atoms with Crippen LogP contribution in [0.2, 0.25) is 0 Å². The van der Waals surface area contributed by atoms with Gasteiger partial charge in [0, 0.05) is 10.9 Å². The van der Waals surface area contributed by atoms with Crippen molar-refractivity contribution in [2.45, 2.75) is 6.92 Å². The SMILES string of the molecule is Cc1nc(-c2cccc3ccccc23)cs1. The zero-order valence-electron chi connectivity index (χ0n) is 8.97. The molecule has 0 N–H and O–H groups in total. The summed E-state index contributed by atoms with van der Waals surface area (Å²) in [5.74, 6) is 0. The molecule has 0 aliphatic rings. The largest absolute Gasteiger partial charge is 0.242 e. The second-order valence-corrected chi connectivity index (χ2v) is 4.84. The first kappa shape index (κ1) is 9.55. The van der Waals surface area contributed by atoms with Crippen LogP contribution in [0.1, 0.15) is 5.01 Å². The third-order valence-electron chi connectivity index (χ3n) is 2.68. The molecule has 0 aliphatic heterocycles. The number of rotatable bonds is 1. The molecule has 0 radical (unpaired) electrons. The Kier molecular flexibility index (Phi) is 2.22. The quantitative estimate of drug-likeness (QED) is 0.602. The minimum absolute atomic E-state index is 1.08. The van der Waals surface area contributed by atoms with Crippen LogP contribution < -0.4 is 0 Å². The first-order valence-electron chi connectivity index (χ1n) is 5.25. The summed E-state index contributed by atoms with van der Waals surface area (Å²) in [4.78, 5) is 4.55. The standard InChI is InChI=1S/C14H11NS/c1-10-15-14(9-16-10)13-8-4-6-11-5-2-3-7-12(11)13/h2-9H,1H3. The van der Waals surface area contributed by atoms with Crippen molar-refractivity contribution in [1.29, 1.82) is 0 Å². The monoisotopic (exact) mass is 225 g/mol. The van der Waals surface area contributed by atoms with E-state index in [4.69, 9.17) is 0 Å². The lowest BCUT2D eigenvalue weighted by atomic mass is 10.0. The normalized spacial score (nSPS) is 10.8. The van der Waals surface area contributed by atoms with Crippen molar-refractivity contribution in [3.05, 3.63) is 52.9 Å². The molecular formula is C14H11NS. The Bertz CT molecular complexity index is 635. The number of hydrogen-bond acceptors (Lipinski definition) is 2. The van der Waals surface area contributed by atoms with Gasteiger partial charge < -0.3 is 0 Å². The highest BCUT2D eigenvalue weighted by atomic mass is 32.1. The fourth-order valence-electron chi connectivity index (χ4n) is 1.94. The van der Waals surface area contributed by atoms with E-state index in [2.05, 4.69) is 52.8 Å². The van der Waals surface area contributed by atoms with Crippen molar-refractivity contribution in [3.63, 3.8) is 0 Å². The van der Waals surface area contributed by atoms with Crippen molar-refractivity contribution < 1.29 is 0 Å². The maximum absolute atomic E-state index is 4.55. The molecule has 0 spiro atoms. The highest BCUT2D eigenvalue weighted by Crippen LogP contribution is 2.28. The number of thiazole rings is 1. The van der Waals surface area contributed by atoms with E-state index in [0.29, 0.717) is 0 Å². The number of nitrogens with zero attached hydrogens (tertiary/aromatic N) is 1. The Balaban J connectivity index is 2.31. The maximum atomic E-state index is 4.55. The van der Waals surface area contributed by atoms with Crippen molar-refractivity contribution >= 4 is 22.1 Å². The minimum Gasteiger partial charge on any atom is -0.242 e. The van der Waals surface area contributed by atoms with Gasteiger partial charge in [-0.15, -0.1) is 11.3 Å². The summed E-state index contributed by atoms with van der Waals surface area (Å²) >= 11 is 1.70. The summed E-state index contributed by atoms with van der Waals surface area (Å²) in [6.07, 6.45) is 0. The third-order valence-corrected chi connectivity index (χ3v) is 3.46. The average molecular weight is 225 g/mol. The van der Waals surface area contributed by atoms with Crippen LogP contribution in [0, 0.1) is 6.92 Å². The smallest absolute Gasteiger partial charge is 0.0901 e. The summed E-state index contributed by atoms with van der Waals surface area (Å²) < 4.78 is 0. The topological polar surface area (TPSA) is 12.9 Å². The molecule has 2 aromatic carbocycles. The van der Waals surface area contributed by atoms with Gasteiger partial charge in [0.15, 0.2) is 0 Å². The van der Waals surface area contributed by atoms with Crippen LogP contribution in [0.25, 0.3) is 22.0 Å². The molecule has 0 atom stereocenters. The lowest BCUT2D eigenvalue weighted by Gasteiger charge is -2.03. The number of benzene rings is 2. The van der Waals surface area contributed by atoms with E-state index in [0.717, 1.165) is 10.7 Å². The molecule has 1 nitrogen and oxygen atoms in total. The lowest BCUT2D eigenvalue weighted by Crippen LogP contribution is -1.81. The zero-order valence-corrected chi connectivity index (χ0v) is 9.79. The van der Waals surface area contributed by atoms with Crippen LogP contribution in [0.3, 0.4) is 0 Å². The van der Waals surface area contributed by atoms with Crippen molar-refractivity contribution in [2.24, 2.45) is 0 Å². The third kappa shape index (κ3) is 1.51. The van der Waals surface area contributed by atoms with E-state index in [9.17, 15) is 0 Å². The van der Waals surface area contributed by atoms with E-state index < -0.39 is 0 Å². The Hall–Kier alpha value is -1.67. The molecule has 3 rings (SSSR count). The number of aryl methyl sites for hydroxylation is 1. The fourth-order valence-corrected chi connectivity index (χ4v) is 2.55. The number of fused-ring (bicyclic) bond motifs is 1. The Morgan fingerprint density at radius 1 is 1.00 bits per heavy atom. The van der Waals surface area contributed by atoms with E-state index in [-0.39, 0.29) is 0 Å². The number of hydrogen-bond donors (Lipinski definition) is 0. The van der Waals surface area contributed by atoms with Gasteiger partial charge in [-0.3, -0.25) is 0 Å².